The van der Waals surface area contributed by atoms with Crippen molar-refractivity contribution in [2.45, 2.75) is 19.9 Å². The molecule has 24 heavy (non-hydrogen) atoms. The van der Waals surface area contributed by atoms with Crippen LogP contribution in [0, 0.1) is 24.2 Å². The minimum absolute atomic E-state index is 0.304. The van der Waals surface area contributed by atoms with E-state index < -0.39 is 0 Å². The van der Waals surface area contributed by atoms with Crippen molar-refractivity contribution in [2.75, 3.05) is 25.1 Å². The molecule has 0 spiro atoms. The van der Waals surface area contributed by atoms with Gasteiger partial charge in [-0.05, 0) is 37.1 Å². The van der Waals surface area contributed by atoms with Crippen molar-refractivity contribution in [1.82, 2.24) is 10.2 Å². The fourth-order valence-electron chi connectivity index (χ4n) is 2.54. The Morgan fingerprint density at radius 3 is 2.96 bits per heavy atom. The second-order valence-corrected chi connectivity index (χ2v) is 5.92. The van der Waals surface area contributed by atoms with Gasteiger partial charge in [0.05, 0.1) is 13.2 Å². The number of rotatable bonds is 6. The summed E-state index contributed by atoms with van der Waals surface area (Å²) in [7, 11) is 0. The quantitative estimate of drug-likeness (QED) is 0.880. The van der Waals surface area contributed by atoms with Gasteiger partial charge in [0.1, 0.15) is 17.6 Å². The van der Waals surface area contributed by atoms with Crippen LogP contribution in [0.2, 0.25) is 0 Å². The van der Waals surface area contributed by atoms with Crippen LogP contribution in [0.25, 0.3) is 0 Å². The van der Waals surface area contributed by atoms with Crippen LogP contribution in [0.5, 0.6) is 5.75 Å². The molecule has 2 heterocycles. The molecule has 6 heteroatoms. The van der Waals surface area contributed by atoms with Gasteiger partial charge in [-0.25, -0.2) is 0 Å². The molecule has 2 aromatic rings. The van der Waals surface area contributed by atoms with E-state index in [2.05, 4.69) is 40.6 Å². The van der Waals surface area contributed by atoms with Gasteiger partial charge in [0.2, 0.25) is 0 Å². The molecule has 1 N–H and O–H groups in total. The third-order valence-corrected chi connectivity index (χ3v) is 3.96. The molecule has 1 aliphatic heterocycles. The highest BCUT2D eigenvalue weighted by molar-refractivity contribution is 5.42. The molecule has 1 unspecified atom stereocenters. The predicted molar refractivity (Wildman–Crippen MR) is 89.7 cm³/mol. The summed E-state index contributed by atoms with van der Waals surface area (Å²) in [6, 6.07) is 11.5. The molecule has 0 aliphatic carbocycles. The number of aryl methyl sites for hydroxylation is 1. The summed E-state index contributed by atoms with van der Waals surface area (Å²) in [5.74, 6) is 1.98. The Labute approximate surface area is 141 Å². The minimum Gasteiger partial charge on any atom is -0.493 e. The first kappa shape index (κ1) is 16.2. The van der Waals surface area contributed by atoms with Gasteiger partial charge in [0, 0.05) is 24.6 Å². The molecule has 124 valence electrons. The monoisotopic (exact) mass is 324 g/mol. The van der Waals surface area contributed by atoms with E-state index in [1.54, 1.807) is 12.1 Å². The molecule has 1 saturated heterocycles. The van der Waals surface area contributed by atoms with E-state index in [-0.39, 0.29) is 0 Å². The van der Waals surface area contributed by atoms with Gasteiger partial charge in [-0.3, -0.25) is 0 Å². The van der Waals surface area contributed by atoms with Gasteiger partial charge >= 0.3 is 0 Å². The zero-order valence-electron chi connectivity index (χ0n) is 13.7. The van der Waals surface area contributed by atoms with Crippen LogP contribution in [0.1, 0.15) is 23.2 Å². The number of anilines is 1. The molecule has 0 radical (unpaired) electrons. The van der Waals surface area contributed by atoms with E-state index in [1.807, 2.05) is 6.07 Å². The number of ether oxygens (including phenoxy) is 2. The van der Waals surface area contributed by atoms with Crippen molar-refractivity contribution >= 4 is 5.82 Å². The van der Waals surface area contributed by atoms with E-state index in [0.717, 1.165) is 36.5 Å². The van der Waals surface area contributed by atoms with Crippen molar-refractivity contribution in [2.24, 2.45) is 5.92 Å². The Balaban J connectivity index is 1.64. The summed E-state index contributed by atoms with van der Waals surface area (Å²) < 4.78 is 11.4. The van der Waals surface area contributed by atoms with Gasteiger partial charge in [-0.2, -0.15) is 5.26 Å². The normalized spacial score (nSPS) is 16.6. The van der Waals surface area contributed by atoms with E-state index in [4.69, 9.17) is 14.7 Å². The number of hydrogen-bond acceptors (Lipinski definition) is 6. The van der Waals surface area contributed by atoms with E-state index in [0.29, 0.717) is 30.6 Å². The van der Waals surface area contributed by atoms with Crippen molar-refractivity contribution < 1.29 is 9.47 Å². The summed E-state index contributed by atoms with van der Waals surface area (Å²) in [6.45, 7) is 4.91. The average Bonchev–Trinajstić information content (AvgIpc) is 3.13. The van der Waals surface area contributed by atoms with E-state index in [1.165, 1.54) is 0 Å². The highest BCUT2D eigenvalue weighted by Crippen LogP contribution is 2.23. The summed E-state index contributed by atoms with van der Waals surface area (Å²) in [5.41, 5.74) is 2.53. The Hall–Kier alpha value is -2.65. The largest absolute Gasteiger partial charge is 0.493 e. The average molecular weight is 324 g/mol. The van der Waals surface area contributed by atoms with Gasteiger partial charge < -0.3 is 14.8 Å². The lowest BCUT2D eigenvalue weighted by atomic mass is 10.1. The molecule has 1 aliphatic rings. The lowest BCUT2D eigenvalue weighted by molar-refractivity contribution is 0.167. The number of aromatic nitrogens is 2. The zero-order chi connectivity index (χ0) is 16.8. The Kier molecular flexibility index (Phi) is 5.24. The molecule has 1 aromatic carbocycles. The van der Waals surface area contributed by atoms with Gasteiger partial charge in [0.25, 0.3) is 0 Å². The van der Waals surface area contributed by atoms with Gasteiger partial charge in [0.15, 0.2) is 5.69 Å². The fourth-order valence-corrected chi connectivity index (χ4v) is 2.54. The first-order valence-corrected chi connectivity index (χ1v) is 8.02. The first-order chi connectivity index (χ1) is 11.7. The predicted octanol–water partition coefficient (Wildman–Crippen LogP) is 2.68. The van der Waals surface area contributed by atoms with Crippen LogP contribution >= 0.6 is 0 Å². The van der Waals surface area contributed by atoms with E-state index in [9.17, 15) is 0 Å². The summed E-state index contributed by atoms with van der Waals surface area (Å²) in [5, 5.41) is 19.8. The highest BCUT2D eigenvalue weighted by atomic mass is 16.5. The highest BCUT2D eigenvalue weighted by Gasteiger charge is 2.17. The van der Waals surface area contributed by atoms with Crippen LogP contribution in [-0.2, 0) is 11.3 Å². The molecular formula is C18H20N4O2. The molecular weight excluding hydrogens is 304 g/mol. The molecule has 1 atom stereocenters. The number of nitriles is 1. The smallest absolute Gasteiger partial charge is 0.163 e. The van der Waals surface area contributed by atoms with Gasteiger partial charge in [-0.1, -0.05) is 12.1 Å². The molecule has 1 aromatic heterocycles. The maximum atomic E-state index is 8.75. The standard InChI is InChI=1S/C18H20N4O2/c1-13-2-3-15(10-20-18-5-4-16(9-19)21-22-18)17(8-13)24-12-14-6-7-23-11-14/h2-5,8,14H,6-7,10-12H2,1H3,(H,20,22). The van der Waals surface area contributed by atoms with Crippen LogP contribution in [0.3, 0.4) is 0 Å². The third-order valence-electron chi connectivity index (χ3n) is 3.96. The minimum atomic E-state index is 0.304. The maximum absolute atomic E-state index is 8.75. The molecule has 3 rings (SSSR count). The van der Waals surface area contributed by atoms with Crippen LogP contribution in [0.15, 0.2) is 30.3 Å². The fraction of sp³-hybridized carbons (Fsp3) is 0.389. The second-order valence-electron chi connectivity index (χ2n) is 5.92. The number of nitrogens with one attached hydrogen (secondary N) is 1. The lowest BCUT2D eigenvalue weighted by Crippen LogP contribution is -2.13. The molecule has 1 fully saturated rings. The van der Waals surface area contributed by atoms with Gasteiger partial charge in [-0.15, -0.1) is 10.2 Å². The van der Waals surface area contributed by atoms with Crippen molar-refractivity contribution in [3.05, 3.63) is 47.2 Å². The summed E-state index contributed by atoms with van der Waals surface area (Å²) in [4.78, 5) is 0. The lowest BCUT2D eigenvalue weighted by Gasteiger charge is -2.15. The SMILES string of the molecule is Cc1ccc(CNc2ccc(C#N)nn2)c(OCC2CCOC2)c1. The zero-order valence-corrected chi connectivity index (χ0v) is 13.7. The number of hydrogen-bond donors (Lipinski definition) is 1. The molecule has 0 saturated carbocycles. The van der Waals surface area contributed by atoms with E-state index >= 15 is 0 Å². The molecule has 6 nitrogen and oxygen atoms in total. The summed E-state index contributed by atoms with van der Waals surface area (Å²) >= 11 is 0. The Bertz CT molecular complexity index is 719. The Morgan fingerprint density at radius 1 is 1.33 bits per heavy atom. The van der Waals surface area contributed by atoms with Crippen LogP contribution < -0.4 is 10.1 Å². The first-order valence-electron chi connectivity index (χ1n) is 8.02. The van der Waals surface area contributed by atoms with Crippen LogP contribution in [-0.4, -0.2) is 30.0 Å². The molecule has 0 bridgehead atoms. The van der Waals surface area contributed by atoms with Crippen molar-refractivity contribution in [1.29, 1.82) is 5.26 Å². The Morgan fingerprint density at radius 2 is 2.25 bits per heavy atom. The summed E-state index contributed by atoms with van der Waals surface area (Å²) in [6.07, 6.45) is 1.06. The third kappa shape index (κ3) is 4.21. The number of nitrogens with zero attached hydrogens (tertiary/aromatic N) is 3. The van der Waals surface area contributed by atoms with Crippen molar-refractivity contribution in [3.8, 4) is 11.8 Å². The second kappa shape index (κ2) is 7.75. The van der Waals surface area contributed by atoms with Crippen molar-refractivity contribution in [3.63, 3.8) is 0 Å². The maximum Gasteiger partial charge on any atom is 0.163 e. The molecule has 0 amide bonds. The van der Waals surface area contributed by atoms with Crippen LogP contribution in [0.4, 0.5) is 5.82 Å². The number of benzene rings is 1. The topological polar surface area (TPSA) is 80.1 Å².